The highest BCUT2D eigenvalue weighted by molar-refractivity contribution is 6.35. The lowest BCUT2D eigenvalue weighted by Crippen LogP contribution is -2.59. The van der Waals surface area contributed by atoms with Gasteiger partial charge >= 0.3 is 5.97 Å². The van der Waals surface area contributed by atoms with Gasteiger partial charge in [0.25, 0.3) is 0 Å². The Labute approximate surface area is 262 Å². The molecule has 0 aliphatic carbocycles. The fourth-order valence-electron chi connectivity index (χ4n) is 6.15. The number of carboxylic acid groups (broad SMARTS) is 1. The number of anilines is 1. The Kier molecular flexibility index (Phi) is 8.06. The molecule has 230 valence electrons. The summed E-state index contributed by atoms with van der Waals surface area (Å²) in [6, 6.07) is 13.3. The largest absolute Gasteiger partial charge is 0.478 e. The molecule has 3 fully saturated rings. The molecule has 2 aromatic heterocycles. The SMILES string of the molecule is O=C(O)c1cc(Cl)c2nc(CN3CCN(c4cccc(OCc5ccc(Cl)cc5F)n4)C4COCC43)n(CC3CCO3)c2c1. The number of benzene rings is 2. The molecular weight excluding hydrogens is 612 g/mol. The van der Waals surface area contributed by atoms with Crippen molar-refractivity contribution in [2.24, 2.45) is 0 Å². The number of carboxylic acids is 1. The van der Waals surface area contributed by atoms with Gasteiger partial charge in [0.15, 0.2) is 0 Å². The number of ether oxygens (including phenoxy) is 3. The summed E-state index contributed by atoms with van der Waals surface area (Å²) in [7, 11) is 0. The molecule has 3 unspecified atom stereocenters. The van der Waals surface area contributed by atoms with Crippen LogP contribution in [0.1, 0.15) is 28.2 Å². The van der Waals surface area contributed by atoms with Crippen LogP contribution in [0.5, 0.6) is 5.88 Å². The summed E-state index contributed by atoms with van der Waals surface area (Å²) in [5.41, 5.74) is 1.80. The molecular formula is C31H30Cl2FN5O5. The Morgan fingerprint density at radius 3 is 2.70 bits per heavy atom. The highest BCUT2D eigenvalue weighted by Gasteiger charge is 2.42. The van der Waals surface area contributed by atoms with Gasteiger partial charge in [-0.25, -0.2) is 14.2 Å². The molecule has 3 aliphatic heterocycles. The minimum Gasteiger partial charge on any atom is -0.478 e. The van der Waals surface area contributed by atoms with Gasteiger partial charge < -0.3 is 28.8 Å². The van der Waals surface area contributed by atoms with Gasteiger partial charge in [0.2, 0.25) is 5.88 Å². The molecule has 7 rings (SSSR count). The lowest BCUT2D eigenvalue weighted by atomic mass is 10.0. The number of rotatable bonds is 9. The van der Waals surface area contributed by atoms with E-state index in [0.29, 0.717) is 65.4 Å². The summed E-state index contributed by atoms with van der Waals surface area (Å²) in [6.07, 6.45) is 0.988. The van der Waals surface area contributed by atoms with Crippen LogP contribution in [0.4, 0.5) is 10.2 Å². The van der Waals surface area contributed by atoms with Gasteiger partial charge in [-0.05, 0) is 36.8 Å². The Hall–Kier alpha value is -3.48. The maximum atomic E-state index is 14.2. The molecule has 5 heterocycles. The van der Waals surface area contributed by atoms with Gasteiger partial charge in [0.05, 0.1) is 60.6 Å². The minimum atomic E-state index is -1.04. The third-order valence-corrected chi connectivity index (χ3v) is 9.09. The summed E-state index contributed by atoms with van der Waals surface area (Å²) in [6.45, 7) is 4.40. The number of aromatic carboxylic acids is 1. The van der Waals surface area contributed by atoms with E-state index >= 15 is 0 Å². The summed E-state index contributed by atoms with van der Waals surface area (Å²) in [4.78, 5) is 26.0. The second-order valence-corrected chi connectivity index (χ2v) is 12.1. The monoisotopic (exact) mass is 641 g/mol. The minimum absolute atomic E-state index is 0.0350. The number of hydrogen-bond donors (Lipinski definition) is 1. The van der Waals surface area contributed by atoms with E-state index in [4.69, 9.17) is 47.4 Å². The number of aromatic nitrogens is 3. The highest BCUT2D eigenvalue weighted by atomic mass is 35.5. The molecule has 1 N–H and O–H groups in total. The number of carbonyl (C=O) groups is 1. The van der Waals surface area contributed by atoms with Crippen LogP contribution in [-0.2, 0) is 29.2 Å². The molecule has 10 nitrogen and oxygen atoms in total. The van der Waals surface area contributed by atoms with E-state index in [2.05, 4.69) is 14.4 Å². The van der Waals surface area contributed by atoms with Gasteiger partial charge in [0.1, 0.15) is 29.6 Å². The summed E-state index contributed by atoms with van der Waals surface area (Å²) >= 11 is 12.4. The molecule has 13 heteroatoms. The molecule has 3 aliphatic rings. The number of imidazole rings is 1. The van der Waals surface area contributed by atoms with E-state index < -0.39 is 11.8 Å². The number of fused-ring (bicyclic) bond motifs is 2. The maximum Gasteiger partial charge on any atom is 0.335 e. The summed E-state index contributed by atoms with van der Waals surface area (Å²) in [5.74, 6) is 0.516. The Morgan fingerprint density at radius 2 is 1.93 bits per heavy atom. The molecule has 3 atom stereocenters. The summed E-state index contributed by atoms with van der Waals surface area (Å²) in [5, 5.41) is 10.3. The summed E-state index contributed by atoms with van der Waals surface area (Å²) < 4.78 is 33.9. The number of nitrogens with zero attached hydrogens (tertiary/aromatic N) is 5. The van der Waals surface area contributed by atoms with E-state index in [1.807, 2.05) is 12.1 Å². The molecule has 2 aromatic carbocycles. The van der Waals surface area contributed by atoms with Crippen molar-refractivity contribution in [1.29, 1.82) is 0 Å². The first-order valence-electron chi connectivity index (χ1n) is 14.5. The number of piperazine rings is 1. The maximum absolute atomic E-state index is 14.2. The van der Waals surface area contributed by atoms with Crippen LogP contribution < -0.4 is 9.64 Å². The predicted molar refractivity (Wildman–Crippen MR) is 162 cm³/mol. The molecule has 3 saturated heterocycles. The zero-order chi connectivity index (χ0) is 30.4. The fraction of sp³-hybridized carbons (Fsp3) is 0.387. The molecule has 0 saturated carbocycles. The number of pyridine rings is 1. The van der Waals surface area contributed by atoms with Crippen LogP contribution >= 0.6 is 23.2 Å². The topological polar surface area (TPSA) is 102 Å². The standard InChI is InChI=1S/C31H30Cl2FN5O5/c32-20-5-4-18(23(34)12-20)15-44-29-3-1-2-27(35-29)38-8-7-37(25-16-42-17-26(25)38)14-28-36-30-22(33)10-19(31(40)41)11-24(30)39(28)13-21-6-9-43-21/h1-5,10-12,21,25-26H,6-9,13-17H2,(H,40,41). The lowest BCUT2D eigenvalue weighted by molar-refractivity contribution is -0.0592. The quantitative estimate of drug-likeness (QED) is 0.269. The third-order valence-electron chi connectivity index (χ3n) is 8.57. The number of halogens is 3. The van der Waals surface area contributed by atoms with Crippen molar-refractivity contribution in [2.75, 3.05) is 37.8 Å². The Bertz CT molecular complexity index is 1720. The van der Waals surface area contributed by atoms with E-state index in [0.717, 1.165) is 31.2 Å². The molecule has 44 heavy (non-hydrogen) atoms. The molecule has 0 bridgehead atoms. The van der Waals surface area contributed by atoms with E-state index in [-0.39, 0.29) is 30.4 Å². The van der Waals surface area contributed by atoms with Crippen LogP contribution in [0.25, 0.3) is 11.0 Å². The van der Waals surface area contributed by atoms with Crippen molar-refractivity contribution in [3.63, 3.8) is 0 Å². The molecule has 0 spiro atoms. The van der Waals surface area contributed by atoms with Crippen LogP contribution in [-0.4, -0.2) is 81.6 Å². The fourth-order valence-corrected chi connectivity index (χ4v) is 6.57. The van der Waals surface area contributed by atoms with Crippen LogP contribution in [0, 0.1) is 5.82 Å². The second-order valence-electron chi connectivity index (χ2n) is 11.2. The average molecular weight is 643 g/mol. The van der Waals surface area contributed by atoms with Crippen molar-refractivity contribution in [3.8, 4) is 5.88 Å². The van der Waals surface area contributed by atoms with Crippen molar-refractivity contribution < 1.29 is 28.5 Å². The average Bonchev–Trinajstić information content (AvgIpc) is 3.60. The normalized spacial score (nSPS) is 21.8. The number of hydrogen-bond acceptors (Lipinski definition) is 8. The van der Waals surface area contributed by atoms with E-state index in [1.165, 1.54) is 12.1 Å². The van der Waals surface area contributed by atoms with Crippen LogP contribution in [0.3, 0.4) is 0 Å². The smallest absolute Gasteiger partial charge is 0.335 e. The molecule has 4 aromatic rings. The first-order chi connectivity index (χ1) is 21.3. The van der Waals surface area contributed by atoms with Gasteiger partial charge in [-0.1, -0.05) is 35.3 Å². The van der Waals surface area contributed by atoms with Gasteiger partial charge in [-0.15, -0.1) is 0 Å². The lowest BCUT2D eigenvalue weighted by Gasteiger charge is -2.44. The first-order valence-corrected chi connectivity index (χ1v) is 15.3. The van der Waals surface area contributed by atoms with Gasteiger partial charge in [-0.2, -0.15) is 4.98 Å². The molecule has 0 amide bonds. The predicted octanol–water partition coefficient (Wildman–Crippen LogP) is 5.03. The zero-order valence-electron chi connectivity index (χ0n) is 23.7. The van der Waals surface area contributed by atoms with Gasteiger partial charge in [-0.3, -0.25) is 4.90 Å². The first kappa shape index (κ1) is 29.2. The Balaban J connectivity index is 1.11. The van der Waals surface area contributed by atoms with Crippen LogP contribution in [0.15, 0.2) is 48.5 Å². The molecule has 0 radical (unpaired) electrons. The zero-order valence-corrected chi connectivity index (χ0v) is 25.2. The second kappa shape index (κ2) is 12.1. The van der Waals surface area contributed by atoms with Crippen LogP contribution in [0.2, 0.25) is 10.0 Å². The van der Waals surface area contributed by atoms with E-state index in [1.54, 1.807) is 24.3 Å². The van der Waals surface area contributed by atoms with Crippen molar-refractivity contribution in [2.45, 2.75) is 44.3 Å². The Morgan fingerprint density at radius 1 is 1.09 bits per heavy atom. The highest BCUT2D eigenvalue weighted by Crippen LogP contribution is 2.32. The van der Waals surface area contributed by atoms with Crippen molar-refractivity contribution in [3.05, 3.63) is 81.3 Å². The third kappa shape index (κ3) is 5.70. The van der Waals surface area contributed by atoms with E-state index in [9.17, 15) is 14.3 Å². The van der Waals surface area contributed by atoms with Crippen molar-refractivity contribution >= 4 is 46.0 Å². The van der Waals surface area contributed by atoms with Crippen molar-refractivity contribution in [1.82, 2.24) is 19.4 Å². The van der Waals surface area contributed by atoms with Gasteiger partial charge in [0, 0.05) is 36.3 Å².